The highest BCUT2D eigenvalue weighted by Gasteiger charge is 2.46. The van der Waals surface area contributed by atoms with Gasteiger partial charge < -0.3 is 16.0 Å². The van der Waals surface area contributed by atoms with Gasteiger partial charge >= 0.3 is 0 Å². The number of aromatic nitrogens is 1. The topological polar surface area (TPSA) is 126 Å². The maximum Gasteiger partial charge on any atom is 0.259 e. The zero-order valence-electron chi connectivity index (χ0n) is 18.7. The monoisotopic (exact) mass is 497 g/mol. The van der Waals surface area contributed by atoms with Gasteiger partial charge in [0.25, 0.3) is 11.8 Å². The Morgan fingerprint density at radius 2 is 1.71 bits per heavy atom. The van der Waals surface area contributed by atoms with Crippen molar-refractivity contribution in [3.8, 4) is 0 Å². The van der Waals surface area contributed by atoms with Crippen molar-refractivity contribution in [2.75, 3.05) is 13.1 Å². The zero-order valence-corrected chi connectivity index (χ0v) is 19.5. The molecule has 35 heavy (non-hydrogen) atoms. The number of nitrogens with zero attached hydrogens (tertiary/aromatic N) is 3. The second-order valence-corrected chi connectivity index (χ2v) is 9.81. The minimum absolute atomic E-state index is 0.00231. The summed E-state index contributed by atoms with van der Waals surface area (Å²) in [5.74, 6) is -1.75. The fourth-order valence-corrected chi connectivity index (χ4v) is 5.44. The fourth-order valence-electron chi connectivity index (χ4n) is 3.89. The van der Waals surface area contributed by atoms with Gasteiger partial charge in [-0.1, -0.05) is 24.3 Å². The van der Waals surface area contributed by atoms with Crippen molar-refractivity contribution in [3.63, 3.8) is 0 Å². The Bertz CT molecular complexity index is 1320. The second kappa shape index (κ2) is 10.3. The molecule has 9 nitrogen and oxygen atoms in total. The van der Waals surface area contributed by atoms with Crippen molar-refractivity contribution < 1.29 is 22.4 Å². The quantitative estimate of drug-likeness (QED) is 0.509. The Balaban J connectivity index is 1.64. The van der Waals surface area contributed by atoms with Gasteiger partial charge in [-0.2, -0.15) is 4.31 Å². The van der Waals surface area contributed by atoms with E-state index in [0.29, 0.717) is 6.54 Å². The molecule has 0 saturated carbocycles. The standard InChI is InChI=1S/C24H24FN5O4S/c25-20-4-6-21(7-5-20)35(33,34)30-13-12-29(24(32)19-8-10-27-11-9-19)23(30)22(31)28-16-18-3-1-2-17(14-18)15-26/h1-11,14,23H,12-13,15-16,26H2,(H,28,31). The predicted molar refractivity (Wildman–Crippen MR) is 126 cm³/mol. The molecule has 2 amide bonds. The summed E-state index contributed by atoms with van der Waals surface area (Å²) < 4.78 is 41.1. The number of hydrogen-bond acceptors (Lipinski definition) is 6. The number of nitrogens with one attached hydrogen (secondary N) is 1. The predicted octanol–water partition coefficient (Wildman–Crippen LogP) is 1.47. The molecular formula is C24H24FN5O4S. The smallest absolute Gasteiger partial charge is 0.259 e. The average Bonchev–Trinajstić information content (AvgIpc) is 3.34. The Hall–Kier alpha value is -3.67. The summed E-state index contributed by atoms with van der Waals surface area (Å²) in [6, 6.07) is 14.6. The Kier molecular flexibility index (Phi) is 7.20. The fraction of sp³-hybridized carbons (Fsp3) is 0.208. The molecule has 1 saturated heterocycles. The van der Waals surface area contributed by atoms with Gasteiger partial charge in [0.1, 0.15) is 5.82 Å². The van der Waals surface area contributed by atoms with Gasteiger partial charge in [-0.15, -0.1) is 0 Å². The van der Waals surface area contributed by atoms with Crippen molar-refractivity contribution >= 4 is 21.8 Å². The number of carbonyl (C=O) groups excluding carboxylic acids is 2. The number of benzene rings is 2. The third-order valence-electron chi connectivity index (χ3n) is 5.67. The molecule has 182 valence electrons. The van der Waals surface area contributed by atoms with Crippen molar-refractivity contribution in [2.24, 2.45) is 5.73 Å². The van der Waals surface area contributed by atoms with Crippen LogP contribution in [0.25, 0.3) is 0 Å². The van der Waals surface area contributed by atoms with Crippen LogP contribution in [0.15, 0.2) is 78.0 Å². The lowest BCUT2D eigenvalue weighted by molar-refractivity contribution is -0.127. The molecule has 2 heterocycles. The molecule has 4 rings (SSSR count). The van der Waals surface area contributed by atoms with Crippen molar-refractivity contribution in [2.45, 2.75) is 24.2 Å². The largest absolute Gasteiger partial charge is 0.349 e. The number of rotatable bonds is 7. The first-order chi connectivity index (χ1) is 16.8. The zero-order chi connectivity index (χ0) is 25.0. The molecule has 3 N–H and O–H groups in total. The lowest BCUT2D eigenvalue weighted by atomic mass is 10.1. The van der Waals surface area contributed by atoms with Crippen LogP contribution in [-0.4, -0.2) is 53.7 Å². The summed E-state index contributed by atoms with van der Waals surface area (Å²) in [4.78, 5) is 31.5. The third kappa shape index (κ3) is 5.21. The molecule has 1 aliphatic rings. The SMILES string of the molecule is NCc1cccc(CNC(=O)C2N(C(=O)c3ccncc3)CCN2S(=O)(=O)c2ccc(F)cc2)c1. The molecule has 0 aliphatic carbocycles. The lowest BCUT2D eigenvalue weighted by Crippen LogP contribution is -2.53. The van der Waals surface area contributed by atoms with Crippen LogP contribution in [0.5, 0.6) is 0 Å². The first-order valence-electron chi connectivity index (χ1n) is 10.9. The summed E-state index contributed by atoms with van der Waals surface area (Å²) in [6.07, 6.45) is 1.45. The van der Waals surface area contributed by atoms with Gasteiger partial charge in [0.05, 0.1) is 4.90 Å². The highest BCUT2D eigenvalue weighted by molar-refractivity contribution is 7.89. The van der Waals surface area contributed by atoms with Crippen LogP contribution >= 0.6 is 0 Å². The van der Waals surface area contributed by atoms with Crippen LogP contribution in [0.1, 0.15) is 21.5 Å². The third-order valence-corrected chi connectivity index (χ3v) is 7.53. The van der Waals surface area contributed by atoms with Crippen LogP contribution in [0.4, 0.5) is 4.39 Å². The second-order valence-electron chi connectivity index (χ2n) is 7.92. The highest BCUT2D eigenvalue weighted by Crippen LogP contribution is 2.26. The number of amides is 2. The van der Waals surface area contributed by atoms with Gasteiger partial charge in [-0.05, 0) is 47.5 Å². The molecule has 2 aromatic carbocycles. The molecule has 1 atom stereocenters. The average molecular weight is 498 g/mol. The van der Waals surface area contributed by atoms with E-state index in [1.165, 1.54) is 29.4 Å². The van der Waals surface area contributed by atoms with Crippen LogP contribution in [0.2, 0.25) is 0 Å². The van der Waals surface area contributed by atoms with E-state index in [1.807, 2.05) is 18.2 Å². The molecule has 11 heteroatoms. The number of pyridine rings is 1. The minimum Gasteiger partial charge on any atom is -0.349 e. The van der Waals surface area contributed by atoms with Gasteiger partial charge in [0.15, 0.2) is 6.17 Å². The van der Waals surface area contributed by atoms with E-state index in [2.05, 4.69) is 10.3 Å². The number of hydrogen-bond donors (Lipinski definition) is 2. The van der Waals surface area contributed by atoms with Crippen LogP contribution < -0.4 is 11.1 Å². The van der Waals surface area contributed by atoms with Crippen LogP contribution in [0.3, 0.4) is 0 Å². The molecular weight excluding hydrogens is 473 g/mol. The van der Waals surface area contributed by atoms with Crippen LogP contribution in [-0.2, 0) is 27.9 Å². The number of sulfonamides is 1. The highest BCUT2D eigenvalue weighted by atomic mass is 32.2. The van der Waals surface area contributed by atoms with Crippen molar-refractivity contribution in [1.82, 2.24) is 19.5 Å². The summed E-state index contributed by atoms with van der Waals surface area (Å²) >= 11 is 0. The molecule has 1 fully saturated rings. The summed E-state index contributed by atoms with van der Waals surface area (Å²) in [5.41, 5.74) is 7.61. The molecule has 0 radical (unpaired) electrons. The molecule has 1 unspecified atom stereocenters. The Morgan fingerprint density at radius 3 is 2.40 bits per heavy atom. The first kappa shape index (κ1) is 24.5. The van der Waals surface area contributed by atoms with Crippen LogP contribution in [0, 0.1) is 5.82 Å². The van der Waals surface area contributed by atoms with E-state index < -0.39 is 33.8 Å². The molecule has 0 bridgehead atoms. The minimum atomic E-state index is -4.21. The summed E-state index contributed by atoms with van der Waals surface area (Å²) in [7, 11) is -4.21. The van der Waals surface area contributed by atoms with Gasteiger partial charge in [0.2, 0.25) is 10.0 Å². The van der Waals surface area contributed by atoms with E-state index in [1.54, 1.807) is 6.07 Å². The Morgan fingerprint density at radius 1 is 1.03 bits per heavy atom. The normalized spacial score (nSPS) is 16.3. The molecule has 0 spiro atoms. The van der Waals surface area contributed by atoms with Crippen molar-refractivity contribution in [1.29, 1.82) is 0 Å². The van der Waals surface area contributed by atoms with Gasteiger partial charge in [0, 0.05) is 44.1 Å². The molecule has 1 aromatic heterocycles. The molecule has 3 aromatic rings. The van der Waals surface area contributed by atoms with E-state index >= 15 is 0 Å². The van der Waals surface area contributed by atoms with Crippen molar-refractivity contribution in [3.05, 3.63) is 95.6 Å². The maximum atomic E-state index is 13.4. The van der Waals surface area contributed by atoms with E-state index in [9.17, 15) is 22.4 Å². The van der Waals surface area contributed by atoms with E-state index in [0.717, 1.165) is 39.7 Å². The van der Waals surface area contributed by atoms with E-state index in [4.69, 9.17) is 5.73 Å². The Labute approximate surface area is 202 Å². The first-order valence-corrected chi connectivity index (χ1v) is 12.3. The number of nitrogens with two attached hydrogens (primary N) is 1. The maximum absolute atomic E-state index is 13.4. The lowest BCUT2D eigenvalue weighted by Gasteiger charge is -2.29. The van der Waals surface area contributed by atoms with Gasteiger partial charge in [-0.25, -0.2) is 12.8 Å². The number of halogens is 1. The summed E-state index contributed by atoms with van der Waals surface area (Å²) in [5, 5.41) is 2.74. The molecule has 1 aliphatic heterocycles. The van der Waals surface area contributed by atoms with E-state index in [-0.39, 0.29) is 30.1 Å². The summed E-state index contributed by atoms with van der Waals surface area (Å²) in [6.45, 7) is 0.354. The van der Waals surface area contributed by atoms with Gasteiger partial charge in [-0.3, -0.25) is 14.6 Å². The number of carbonyl (C=O) groups is 2.